The standard InChI is InChI=1S/C17H15N3O7/c1-25-14-7-11(20(23)24)6-10(16(14)21)8-18-19-17(22)15-9-26-12-4-2-3-5-13(12)27-15/h2-8,15,21H,9H2,1H3,(H,19,22)/b18-8+/t15-/m1/s1. The lowest BCUT2D eigenvalue weighted by atomic mass is 10.2. The third kappa shape index (κ3) is 3.89. The molecule has 0 bridgehead atoms. The van der Waals surface area contributed by atoms with E-state index >= 15 is 0 Å². The second kappa shape index (κ2) is 7.60. The van der Waals surface area contributed by atoms with Gasteiger partial charge in [-0.05, 0) is 12.1 Å². The Morgan fingerprint density at radius 2 is 2.15 bits per heavy atom. The average Bonchev–Trinajstić information content (AvgIpc) is 2.68. The van der Waals surface area contributed by atoms with Crippen LogP contribution in [0.3, 0.4) is 0 Å². The van der Waals surface area contributed by atoms with Crippen LogP contribution < -0.4 is 19.6 Å². The summed E-state index contributed by atoms with van der Waals surface area (Å²) >= 11 is 0. The van der Waals surface area contributed by atoms with Gasteiger partial charge < -0.3 is 19.3 Å². The molecule has 2 aromatic carbocycles. The summed E-state index contributed by atoms with van der Waals surface area (Å²) in [6.07, 6.45) is 0.158. The summed E-state index contributed by atoms with van der Waals surface area (Å²) in [6, 6.07) is 9.11. The SMILES string of the molecule is COc1cc([N+](=O)[O-])cc(/C=N/NC(=O)[C@H]2COc3ccccc3O2)c1O. The lowest BCUT2D eigenvalue weighted by Gasteiger charge is -2.24. The van der Waals surface area contributed by atoms with Crippen molar-refractivity contribution in [1.29, 1.82) is 0 Å². The number of methoxy groups -OCH3 is 1. The van der Waals surface area contributed by atoms with E-state index in [0.717, 1.165) is 18.3 Å². The van der Waals surface area contributed by atoms with Gasteiger partial charge in [-0.1, -0.05) is 12.1 Å². The Kier molecular flexibility index (Phi) is 5.06. The second-order valence-electron chi connectivity index (χ2n) is 5.44. The highest BCUT2D eigenvalue weighted by Gasteiger charge is 2.27. The van der Waals surface area contributed by atoms with Crippen LogP contribution in [0.1, 0.15) is 5.56 Å². The van der Waals surface area contributed by atoms with Gasteiger partial charge in [0.1, 0.15) is 6.61 Å². The number of carbonyl (C=O) groups is 1. The molecule has 0 spiro atoms. The summed E-state index contributed by atoms with van der Waals surface area (Å²) in [5, 5.41) is 24.7. The van der Waals surface area contributed by atoms with Crippen molar-refractivity contribution in [2.45, 2.75) is 6.10 Å². The number of hydrogen-bond acceptors (Lipinski definition) is 8. The second-order valence-corrected chi connectivity index (χ2v) is 5.44. The molecule has 0 fully saturated rings. The first-order valence-electron chi connectivity index (χ1n) is 7.76. The van der Waals surface area contributed by atoms with Gasteiger partial charge in [-0.15, -0.1) is 0 Å². The van der Waals surface area contributed by atoms with Crippen molar-refractivity contribution >= 4 is 17.8 Å². The van der Waals surface area contributed by atoms with E-state index in [-0.39, 0.29) is 29.4 Å². The Morgan fingerprint density at radius 1 is 1.41 bits per heavy atom. The molecule has 0 radical (unpaired) electrons. The molecule has 1 heterocycles. The molecule has 1 atom stereocenters. The first-order chi connectivity index (χ1) is 13.0. The van der Waals surface area contributed by atoms with Crippen molar-refractivity contribution in [3.05, 3.63) is 52.1 Å². The molecule has 27 heavy (non-hydrogen) atoms. The van der Waals surface area contributed by atoms with E-state index < -0.39 is 16.9 Å². The maximum atomic E-state index is 12.2. The topological polar surface area (TPSA) is 133 Å². The number of hydrazone groups is 1. The molecule has 0 saturated carbocycles. The van der Waals surface area contributed by atoms with Crippen LogP contribution in [0.5, 0.6) is 23.0 Å². The van der Waals surface area contributed by atoms with Gasteiger partial charge in [-0.2, -0.15) is 5.10 Å². The minimum atomic E-state index is -0.912. The first-order valence-corrected chi connectivity index (χ1v) is 7.76. The number of nitro benzene ring substituents is 1. The number of nitrogens with one attached hydrogen (secondary N) is 1. The fourth-order valence-corrected chi connectivity index (χ4v) is 2.36. The Morgan fingerprint density at radius 3 is 2.85 bits per heavy atom. The lowest BCUT2D eigenvalue weighted by Crippen LogP contribution is -2.42. The van der Waals surface area contributed by atoms with Gasteiger partial charge in [0.05, 0.1) is 24.3 Å². The number of nitro groups is 1. The number of ether oxygens (including phenoxy) is 3. The zero-order chi connectivity index (χ0) is 19.4. The average molecular weight is 373 g/mol. The van der Waals surface area contributed by atoms with Crippen LogP contribution in [-0.4, -0.2) is 42.0 Å². The van der Waals surface area contributed by atoms with Gasteiger partial charge in [0.25, 0.3) is 11.6 Å². The number of nitrogens with zero attached hydrogens (tertiary/aromatic N) is 2. The van der Waals surface area contributed by atoms with Gasteiger partial charge in [0.15, 0.2) is 23.0 Å². The highest BCUT2D eigenvalue weighted by molar-refractivity contribution is 5.88. The molecule has 10 nitrogen and oxygen atoms in total. The number of hydrogen-bond donors (Lipinski definition) is 2. The molecule has 2 N–H and O–H groups in total. The largest absolute Gasteiger partial charge is 0.504 e. The van der Waals surface area contributed by atoms with Crippen molar-refractivity contribution in [2.24, 2.45) is 5.10 Å². The number of aromatic hydroxyl groups is 1. The van der Waals surface area contributed by atoms with Crippen molar-refractivity contribution in [1.82, 2.24) is 5.43 Å². The van der Waals surface area contributed by atoms with Gasteiger partial charge in [-0.3, -0.25) is 14.9 Å². The number of benzene rings is 2. The van der Waals surface area contributed by atoms with E-state index in [9.17, 15) is 20.0 Å². The normalized spacial score (nSPS) is 15.4. The summed E-state index contributed by atoms with van der Waals surface area (Å²) < 4.78 is 15.9. The van der Waals surface area contributed by atoms with E-state index in [2.05, 4.69) is 10.5 Å². The quantitative estimate of drug-likeness (QED) is 0.462. The molecule has 1 aliphatic heterocycles. The number of phenols is 1. The molecule has 0 unspecified atom stereocenters. The van der Waals surface area contributed by atoms with Crippen molar-refractivity contribution < 1.29 is 29.0 Å². The van der Waals surface area contributed by atoms with Crippen LogP contribution in [0.2, 0.25) is 0 Å². The Balaban J connectivity index is 1.70. The number of carbonyl (C=O) groups excluding carboxylic acids is 1. The fourth-order valence-electron chi connectivity index (χ4n) is 2.36. The van der Waals surface area contributed by atoms with E-state index in [1.807, 2.05) is 0 Å². The van der Waals surface area contributed by atoms with Gasteiger partial charge >= 0.3 is 0 Å². The van der Waals surface area contributed by atoms with Crippen molar-refractivity contribution in [3.8, 4) is 23.0 Å². The maximum Gasteiger partial charge on any atom is 0.284 e. The number of non-ortho nitro benzene ring substituents is 1. The molecule has 0 aromatic heterocycles. The zero-order valence-electron chi connectivity index (χ0n) is 14.1. The predicted octanol–water partition coefficient (Wildman–Crippen LogP) is 1.60. The predicted molar refractivity (Wildman–Crippen MR) is 93.4 cm³/mol. The molecule has 2 aromatic rings. The summed E-state index contributed by atoms with van der Waals surface area (Å²) in [4.78, 5) is 22.5. The molecule has 10 heteroatoms. The molecule has 1 aliphatic rings. The number of rotatable bonds is 5. The fraction of sp³-hybridized carbons (Fsp3) is 0.176. The smallest absolute Gasteiger partial charge is 0.284 e. The monoisotopic (exact) mass is 373 g/mol. The van der Waals surface area contributed by atoms with Gasteiger partial charge in [0.2, 0.25) is 6.10 Å². The summed E-state index contributed by atoms with van der Waals surface area (Å²) in [7, 11) is 1.26. The highest BCUT2D eigenvalue weighted by Crippen LogP contribution is 2.33. The van der Waals surface area contributed by atoms with Crippen LogP contribution in [0.25, 0.3) is 0 Å². The van der Waals surface area contributed by atoms with E-state index in [1.54, 1.807) is 24.3 Å². The number of phenolic OH excluding ortho intramolecular Hbond substituents is 1. The highest BCUT2D eigenvalue weighted by atomic mass is 16.6. The maximum absolute atomic E-state index is 12.2. The van der Waals surface area contributed by atoms with Crippen molar-refractivity contribution in [3.63, 3.8) is 0 Å². The molecular formula is C17H15N3O7. The summed E-state index contributed by atoms with van der Waals surface area (Å²) in [5.74, 6) is -0.0184. The van der Waals surface area contributed by atoms with E-state index in [1.165, 1.54) is 7.11 Å². The molecule has 3 rings (SSSR count). The molecule has 0 saturated heterocycles. The molecule has 1 amide bonds. The molecule has 0 aliphatic carbocycles. The molecular weight excluding hydrogens is 358 g/mol. The third-order valence-corrected chi connectivity index (χ3v) is 3.70. The third-order valence-electron chi connectivity index (χ3n) is 3.70. The minimum Gasteiger partial charge on any atom is -0.504 e. The van der Waals surface area contributed by atoms with Gasteiger partial charge in [0, 0.05) is 11.6 Å². The first kappa shape index (κ1) is 18.0. The lowest BCUT2D eigenvalue weighted by molar-refractivity contribution is -0.385. The van der Waals surface area contributed by atoms with Crippen molar-refractivity contribution in [2.75, 3.05) is 13.7 Å². The Bertz CT molecular complexity index is 913. The van der Waals surface area contributed by atoms with Crippen LogP contribution in [0.4, 0.5) is 5.69 Å². The number of para-hydroxylation sites is 2. The Hall–Kier alpha value is -3.82. The summed E-state index contributed by atoms with van der Waals surface area (Å²) in [6.45, 7) is 0.00818. The van der Waals surface area contributed by atoms with Gasteiger partial charge in [-0.25, -0.2) is 5.43 Å². The number of fused-ring (bicyclic) bond motifs is 1. The molecule has 140 valence electrons. The van der Waals surface area contributed by atoms with Crippen LogP contribution >= 0.6 is 0 Å². The van der Waals surface area contributed by atoms with E-state index in [0.29, 0.717) is 11.5 Å². The minimum absolute atomic E-state index is 0.00695. The van der Waals surface area contributed by atoms with Crippen LogP contribution in [0, 0.1) is 10.1 Å². The Labute approximate surface area is 153 Å². The number of amides is 1. The van der Waals surface area contributed by atoms with E-state index in [4.69, 9.17) is 14.2 Å². The van der Waals surface area contributed by atoms with Crippen LogP contribution in [0.15, 0.2) is 41.5 Å². The van der Waals surface area contributed by atoms with Crippen LogP contribution in [-0.2, 0) is 4.79 Å². The zero-order valence-corrected chi connectivity index (χ0v) is 14.1. The summed E-state index contributed by atoms with van der Waals surface area (Å²) in [5.41, 5.74) is 1.96.